The van der Waals surface area contributed by atoms with Crippen molar-refractivity contribution in [2.24, 2.45) is 11.8 Å². The van der Waals surface area contributed by atoms with Crippen LogP contribution in [0.2, 0.25) is 0 Å². The average Bonchev–Trinajstić information content (AvgIpc) is 3.62. The van der Waals surface area contributed by atoms with Gasteiger partial charge in [-0.3, -0.25) is 14.4 Å². The number of hydrogen-bond donors (Lipinski definition) is 1. The fraction of sp³-hybridized carbons (Fsp3) is 0.594. The molecule has 4 rings (SSSR count). The molecule has 0 aromatic heterocycles. The van der Waals surface area contributed by atoms with Crippen molar-refractivity contribution < 1.29 is 24.2 Å². The van der Waals surface area contributed by atoms with Crippen molar-refractivity contribution >= 4 is 40.9 Å². The molecule has 3 heterocycles. The topological polar surface area (TPSA) is 90.4 Å². The molecule has 5 atom stereocenters. The van der Waals surface area contributed by atoms with Crippen LogP contribution >= 0.6 is 11.8 Å². The Morgan fingerprint density at radius 2 is 1.78 bits per heavy atom. The Kier molecular flexibility index (Phi) is 10.6. The van der Waals surface area contributed by atoms with Crippen LogP contribution < -0.4 is 9.80 Å². The predicted molar refractivity (Wildman–Crippen MR) is 165 cm³/mol. The molecule has 1 aromatic carbocycles. The second-order valence-corrected chi connectivity index (χ2v) is 12.7. The number of amides is 2. The first kappa shape index (κ1) is 31.2. The van der Waals surface area contributed by atoms with Crippen LogP contribution in [-0.4, -0.2) is 83.2 Å². The monoisotopic (exact) mass is 583 g/mol. The maximum absolute atomic E-state index is 14.6. The number of hydrogen-bond acceptors (Lipinski definition) is 7. The summed E-state index contributed by atoms with van der Waals surface area (Å²) in [7, 11) is 0. The van der Waals surface area contributed by atoms with E-state index in [9.17, 15) is 19.5 Å². The van der Waals surface area contributed by atoms with Crippen molar-refractivity contribution in [3.8, 4) is 0 Å². The van der Waals surface area contributed by atoms with Gasteiger partial charge in [-0.15, -0.1) is 18.3 Å². The third-order valence-corrected chi connectivity index (χ3v) is 10.8. The molecule has 224 valence electrons. The van der Waals surface area contributed by atoms with E-state index in [1.165, 1.54) is 6.08 Å². The van der Waals surface area contributed by atoms with Crippen LogP contribution in [0.25, 0.3) is 0 Å². The second kappa shape index (κ2) is 13.9. The lowest BCUT2D eigenvalue weighted by Crippen LogP contribution is -2.55. The number of likely N-dealkylation sites (tertiary alicyclic amines) is 1. The van der Waals surface area contributed by atoms with Gasteiger partial charge in [-0.05, 0) is 63.8 Å². The van der Waals surface area contributed by atoms with E-state index < -0.39 is 22.6 Å². The van der Waals surface area contributed by atoms with Crippen LogP contribution in [0.4, 0.5) is 11.4 Å². The predicted octanol–water partition coefficient (Wildman–Crippen LogP) is 4.42. The van der Waals surface area contributed by atoms with E-state index in [1.807, 2.05) is 24.3 Å². The third kappa shape index (κ3) is 5.93. The number of thioether (sulfide) groups is 1. The summed E-state index contributed by atoms with van der Waals surface area (Å²) in [5, 5.41) is 9.14. The van der Waals surface area contributed by atoms with Gasteiger partial charge in [-0.1, -0.05) is 31.6 Å². The summed E-state index contributed by atoms with van der Waals surface area (Å²) >= 11 is 1.65. The van der Waals surface area contributed by atoms with Crippen molar-refractivity contribution in [2.75, 3.05) is 49.2 Å². The molecule has 1 N–H and O–H groups in total. The quantitative estimate of drug-likeness (QED) is 0.175. The van der Waals surface area contributed by atoms with Crippen molar-refractivity contribution in [1.82, 2.24) is 4.90 Å². The Morgan fingerprint density at radius 1 is 1.10 bits per heavy atom. The van der Waals surface area contributed by atoms with Gasteiger partial charge in [-0.25, -0.2) is 0 Å². The van der Waals surface area contributed by atoms with Crippen LogP contribution in [0.3, 0.4) is 0 Å². The van der Waals surface area contributed by atoms with E-state index in [4.69, 9.17) is 4.74 Å². The van der Waals surface area contributed by atoms with Gasteiger partial charge in [0.15, 0.2) is 0 Å². The zero-order valence-corrected chi connectivity index (χ0v) is 25.3. The van der Waals surface area contributed by atoms with Gasteiger partial charge in [0.25, 0.3) is 5.91 Å². The first-order valence-electron chi connectivity index (χ1n) is 15.0. The number of benzene rings is 1. The van der Waals surface area contributed by atoms with Crippen LogP contribution in [-0.2, 0) is 19.1 Å². The standard InChI is InChI=1S/C32H45N3O5S/c1-5-19-34(24-15-13-23(14-16-24)33(7-3)8-4)30(38)28-32-18-17-25(41-32)26(31(39)40-22-6-2)27(32)29(37)35(28)20-11-9-10-12-21-36/h5-6,13-16,25-28,36H,1-2,7-12,17-22H2,3-4H3/t25-,26+,27-,28?,32?/m0/s1. The van der Waals surface area contributed by atoms with Gasteiger partial charge >= 0.3 is 5.97 Å². The van der Waals surface area contributed by atoms with Crippen LogP contribution in [0.5, 0.6) is 0 Å². The van der Waals surface area contributed by atoms with E-state index in [2.05, 4.69) is 31.9 Å². The molecule has 0 saturated carbocycles. The second-order valence-electron chi connectivity index (χ2n) is 11.1. The molecule has 1 spiro atoms. The summed E-state index contributed by atoms with van der Waals surface area (Å²) in [6.07, 6.45) is 7.91. The fourth-order valence-corrected chi connectivity index (χ4v) is 9.16. The summed E-state index contributed by atoms with van der Waals surface area (Å²) in [6.45, 7) is 14.6. The van der Waals surface area contributed by atoms with E-state index >= 15 is 0 Å². The number of anilines is 2. The van der Waals surface area contributed by atoms with Crippen LogP contribution in [0, 0.1) is 11.8 Å². The van der Waals surface area contributed by atoms with E-state index in [0.717, 1.165) is 50.1 Å². The van der Waals surface area contributed by atoms with Gasteiger partial charge in [-0.2, -0.15) is 0 Å². The summed E-state index contributed by atoms with van der Waals surface area (Å²) in [4.78, 5) is 47.7. The summed E-state index contributed by atoms with van der Waals surface area (Å²) < 4.78 is 4.80. The number of nitrogens with zero attached hydrogens (tertiary/aromatic N) is 3. The molecule has 2 amide bonds. The van der Waals surface area contributed by atoms with Gasteiger partial charge < -0.3 is 24.5 Å². The highest BCUT2D eigenvalue weighted by atomic mass is 32.2. The van der Waals surface area contributed by atoms with Gasteiger partial charge in [0.05, 0.1) is 16.6 Å². The minimum absolute atomic E-state index is 0.0375. The lowest BCUT2D eigenvalue weighted by Gasteiger charge is -2.37. The van der Waals surface area contributed by atoms with E-state index in [0.29, 0.717) is 25.9 Å². The van der Waals surface area contributed by atoms with Gasteiger partial charge in [0, 0.05) is 49.4 Å². The zero-order chi connectivity index (χ0) is 29.6. The van der Waals surface area contributed by atoms with Crippen molar-refractivity contribution in [2.45, 2.75) is 68.4 Å². The molecular formula is C32H45N3O5S. The Hall–Kier alpha value is -2.78. The van der Waals surface area contributed by atoms with Crippen molar-refractivity contribution in [1.29, 1.82) is 0 Å². The van der Waals surface area contributed by atoms with Gasteiger partial charge in [0.1, 0.15) is 12.6 Å². The van der Waals surface area contributed by atoms with E-state index in [1.54, 1.807) is 27.6 Å². The average molecular weight is 584 g/mol. The van der Waals surface area contributed by atoms with Crippen LogP contribution in [0.1, 0.15) is 52.4 Å². The largest absolute Gasteiger partial charge is 0.461 e. The molecule has 3 aliphatic heterocycles. The molecule has 3 fully saturated rings. The lowest BCUT2D eigenvalue weighted by atomic mass is 9.71. The highest BCUT2D eigenvalue weighted by Crippen LogP contribution is 2.66. The molecule has 0 radical (unpaired) electrons. The molecule has 3 aliphatic rings. The number of esters is 1. The Morgan fingerprint density at radius 3 is 2.41 bits per heavy atom. The molecule has 2 bridgehead atoms. The zero-order valence-electron chi connectivity index (χ0n) is 24.5. The maximum atomic E-state index is 14.6. The number of unbranched alkanes of at least 4 members (excludes halogenated alkanes) is 3. The minimum Gasteiger partial charge on any atom is -0.461 e. The number of aliphatic hydroxyl groups excluding tert-OH is 1. The number of fused-ring (bicyclic) bond motifs is 1. The first-order chi connectivity index (χ1) is 19.9. The van der Waals surface area contributed by atoms with Crippen molar-refractivity contribution in [3.05, 3.63) is 49.6 Å². The highest BCUT2D eigenvalue weighted by molar-refractivity contribution is 8.02. The van der Waals surface area contributed by atoms with E-state index in [-0.39, 0.29) is 36.2 Å². The Balaban J connectivity index is 1.68. The lowest BCUT2D eigenvalue weighted by molar-refractivity contribution is -0.153. The summed E-state index contributed by atoms with van der Waals surface area (Å²) in [5.74, 6) is -1.74. The van der Waals surface area contributed by atoms with Crippen molar-refractivity contribution in [3.63, 3.8) is 0 Å². The first-order valence-corrected chi connectivity index (χ1v) is 15.9. The molecule has 2 unspecified atom stereocenters. The minimum atomic E-state index is -0.674. The number of carbonyl (C=O) groups excluding carboxylic acids is 3. The number of aliphatic hydroxyl groups is 1. The third-order valence-electron chi connectivity index (χ3n) is 8.82. The molecule has 41 heavy (non-hydrogen) atoms. The Labute approximate surface area is 248 Å². The summed E-state index contributed by atoms with van der Waals surface area (Å²) in [6, 6.07) is 7.33. The van der Waals surface area contributed by atoms with Gasteiger partial charge in [0.2, 0.25) is 5.91 Å². The number of rotatable bonds is 16. The number of ether oxygens (including phenoxy) is 1. The number of carbonyl (C=O) groups is 3. The molecule has 1 aromatic rings. The Bertz CT molecular complexity index is 1110. The fourth-order valence-electron chi connectivity index (χ4n) is 6.96. The highest BCUT2D eigenvalue weighted by Gasteiger charge is 2.74. The molecule has 3 saturated heterocycles. The summed E-state index contributed by atoms with van der Waals surface area (Å²) in [5.41, 5.74) is 1.86. The SMILES string of the molecule is C=CCOC(=O)[C@@H]1[C@@H]2CCC3(S2)C(C(=O)N(CC=C)c2ccc(N(CC)CC)cc2)N(CCCCCCO)C(=O)[C@H]13. The van der Waals surface area contributed by atoms with Crippen LogP contribution in [0.15, 0.2) is 49.6 Å². The molecule has 8 nitrogen and oxygen atoms in total. The smallest absolute Gasteiger partial charge is 0.311 e. The normalized spacial score (nSPS) is 26.1. The molecule has 0 aliphatic carbocycles. The maximum Gasteiger partial charge on any atom is 0.311 e. The molecule has 9 heteroatoms. The molecular weight excluding hydrogens is 538 g/mol.